The monoisotopic (exact) mass is 386 g/mol. The highest BCUT2D eigenvalue weighted by atomic mass is 79.9. The van der Waals surface area contributed by atoms with Crippen LogP contribution >= 0.6 is 15.9 Å². The fourth-order valence-electron chi connectivity index (χ4n) is 2.54. The average Bonchev–Trinajstić information content (AvgIpc) is 2.75. The van der Waals surface area contributed by atoms with Crippen molar-refractivity contribution in [3.8, 4) is 0 Å². The summed E-state index contributed by atoms with van der Waals surface area (Å²) >= 11 is 3.36. The van der Waals surface area contributed by atoms with Crippen LogP contribution in [0.15, 0.2) is 10.7 Å². The molecule has 0 N–H and O–H groups in total. The predicted molar refractivity (Wildman–Crippen MR) is 89.2 cm³/mol. The first kappa shape index (κ1) is 17.8. The van der Waals surface area contributed by atoms with E-state index in [4.69, 9.17) is 4.74 Å². The van der Waals surface area contributed by atoms with Crippen molar-refractivity contribution in [1.29, 1.82) is 0 Å². The molecule has 23 heavy (non-hydrogen) atoms. The van der Waals surface area contributed by atoms with Crippen molar-refractivity contribution in [3.05, 3.63) is 16.4 Å². The highest BCUT2D eigenvalue weighted by Crippen LogP contribution is 2.21. The molecule has 2 rings (SSSR count). The van der Waals surface area contributed by atoms with E-state index in [9.17, 15) is 9.59 Å². The summed E-state index contributed by atoms with van der Waals surface area (Å²) in [5.41, 5.74) is -0.00472. The van der Waals surface area contributed by atoms with Crippen LogP contribution in [-0.2, 0) is 11.8 Å². The van der Waals surface area contributed by atoms with Gasteiger partial charge in [-0.3, -0.25) is 9.48 Å². The van der Waals surface area contributed by atoms with Crippen molar-refractivity contribution in [1.82, 2.24) is 19.6 Å². The smallest absolute Gasteiger partial charge is 0.410 e. The SMILES string of the molecule is CC1CN(C(=O)OC(C)(C)C)CCN1C(=O)c1c(Br)cnn1C. The van der Waals surface area contributed by atoms with Gasteiger partial charge in [0.1, 0.15) is 11.3 Å². The second-order valence-corrected chi connectivity index (χ2v) is 7.59. The lowest BCUT2D eigenvalue weighted by molar-refractivity contribution is 0.00593. The third kappa shape index (κ3) is 4.04. The number of amides is 2. The molecule has 0 bridgehead atoms. The van der Waals surface area contributed by atoms with E-state index in [1.807, 2.05) is 27.7 Å². The van der Waals surface area contributed by atoms with Gasteiger partial charge in [0, 0.05) is 32.7 Å². The van der Waals surface area contributed by atoms with E-state index in [2.05, 4.69) is 21.0 Å². The van der Waals surface area contributed by atoms with Crippen LogP contribution < -0.4 is 0 Å². The normalized spacial score (nSPS) is 19.0. The summed E-state index contributed by atoms with van der Waals surface area (Å²) in [4.78, 5) is 28.3. The zero-order valence-electron chi connectivity index (χ0n) is 14.2. The Morgan fingerprint density at radius 3 is 2.48 bits per heavy atom. The van der Waals surface area contributed by atoms with E-state index in [1.165, 1.54) is 0 Å². The van der Waals surface area contributed by atoms with Gasteiger partial charge in [-0.15, -0.1) is 0 Å². The van der Waals surface area contributed by atoms with Crippen LogP contribution in [0.1, 0.15) is 38.2 Å². The summed E-state index contributed by atoms with van der Waals surface area (Å²) in [7, 11) is 1.74. The molecule has 7 nitrogen and oxygen atoms in total. The van der Waals surface area contributed by atoms with Crippen LogP contribution in [0, 0.1) is 0 Å². The van der Waals surface area contributed by atoms with Gasteiger partial charge in [0.25, 0.3) is 5.91 Å². The number of rotatable bonds is 1. The standard InChI is InChI=1S/C15H23BrN4O3/c1-10-9-19(14(22)23-15(2,3)4)6-7-20(10)13(21)12-11(16)8-17-18(12)5/h8,10H,6-7,9H2,1-5H3. The molecule has 2 amide bonds. The first-order valence-electron chi connectivity index (χ1n) is 7.56. The molecule has 1 saturated heterocycles. The summed E-state index contributed by atoms with van der Waals surface area (Å²) in [5, 5.41) is 4.08. The molecule has 1 aliphatic heterocycles. The Hall–Kier alpha value is -1.57. The molecule has 1 fully saturated rings. The van der Waals surface area contributed by atoms with Gasteiger partial charge in [-0.2, -0.15) is 5.10 Å². The maximum Gasteiger partial charge on any atom is 0.410 e. The van der Waals surface area contributed by atoms with Crippen molar-refractivity contribution >= 4 is 27.9 Å². The van der Waals surface area contributed by atoms with Gasteiger partial charge < -0.3 is 14.5 Å². The number of aromatic nitrogens is 2. The van der Waals surface area contributed by atoms with E-state index in [0.717, 1.165) is 0 Å². The number of hydrogen-bond donors (Lipinski definition) is 0. The van der Waals surface area contributed by atoms with E-state index in [1.54, 1.807) is 27.7 Å². The van der Waals surface area contributed by atoms with Crippen molar-refractivity contribution < 1.29 is 14.3 Å². The van der Waals surface area contributed by atoms with Gasteiger partial charge in [0.15, 0.2) is 0 Å². The molecule has 0 aromatic carbocycles. The van der Waals surface area contributed by atoms with Gasteiger partial charge in [0.2, 0.25) is 0 Å². The zero-order valence-corrected chi connectivity index (χ0v) is 15.8. The highest BCUT2D eigenvalue weighted by Gasteiger charge is 2.33. The number of halogens is 1. The Labute approximate surface area is 144 Å². The lowest BCUT2D eigenvalue weighted by atomic mass is 10.1. The quantitative estimate of drug-likeness (QED) is 0.742. The highest BCUT2D eigenvalue weighted by molar-refractivity contribution is 9.10. The van der Waals surface area contributed by atoms with Crippen molar-refractivity contribution in [2.75, 3.05) is 19.6 Å². The average molecular weight is 387 g/mol. The molecule has 1 aliphatic rings. The zero-order chi connectivity index (χ0) is 17.4. The lowest BCUT2D eigenvalue weighted by Crippen LogP contribution is -2.56. The lowest BCUT2D eigenvalue weighted by Gasteiger charge is -2.40. The first-order valence-corrected chi connectivity index (χ1v) is 8.36. The van der Waals surface area contributed by atoms with Gasteiger partial charge in [0.05, 0.1) is 10.7 Å². The molecule has 2 heterocycles. The second kappa shape index (κ2) is 6.51. The summed E-state index contributed by atoms with van der Waals surface area (Å²) in [5.74, 6) is -0.0896. The van der Waals surface area contributed by atoms with Crippen LogP contribution in [0.3, 0.4) is 0 Å². The third-order valence-corrected chi connectivity index (χ3v) is 4.22. The molecule has 1 aromatic rings. The summed E-state index contributed by atoms with van der Waals surface area (Å²) in [6, 6.07) is -0.0921. The number of aryl methyl sites for hydroxylation is 1. The second-order valence-electron chi connectivity index (χ2n) is 6.74. The molecule has 1 aromatic heterocycles. The Balaban J connectivity index is 2.05. The summed E-state index contributed by atoms with van der Waals surface area (Å²) in [6.45, 7) is 8.84. The fourth-order valence-corrected chi connectivity index (χ4v) is 3.06. The number of hydrogen-bond acceptors (Lipinski definition) is 4. The Bertz CT molecular complexity index is 589. The molecular weight excluding hydrogens is 364 g/mol. The van der Waals surface area contributed by atoms with E-state index < -0.39 is 5.60 Å². The van der Waals surface area contributed by atoms with E-state index >= 15 is 0 Å². The number of piperazine rings is 1. The first-order chi connectivity index (χ1) is 10.6. The minimum atomic E-state index is -0.521. The molecule has 0 spiro atoms. The Kier molecular flexibility index (Phi) is 5.03. The largest absolute Gasteiger partial charge is 0.444 e. The molecule has 1 unspecified atom stereocenters. The molecular formula is C15H23BrN4O3. The minimum Gasteiger partial charge on any atom is -0.444 e. The Morgan fingerprint density at radius 2 is 2.00 bits per heavy atom. The molecule has 0 saturated carbocycles. The maximum absolute atomic E-state index is 12.7. The van der Waals surface area contributed by atoms with Gasteiger partial charge in [-0.05, 0) is 43.6 Å². The van der Waals surface area contributed by atoms with Crippen molar-refractivity contribution in [3.63, 3.8) is 0 Å². The van der Waals surface area contributed by atoms with Crippen LogP contribution in [0.4, 0.5) is 4.79 Å². The van der Waals surface area contributed by atoms with Gasteiger partial charge in [-0.1, -0.05) is 0 Å². The molecule has 0 radical (unpaired) electrons. The Morgan fingerprint density at radius 1 is 1.35 bits per heavy atom. The minimum absolute atomic E-state index is 0.0896. The van der Waals surface area contributed by atoms with Crippen molar-refractivity contribution in [2.45, 2.75) is 39.3 Å². The van der Waals surface area contributed by atoms with Crippen molar-refractivity contribution in [2.24, 2.45) is 7.05 Å². The van der Waals surface area contributed by atoms with Gasteiger partial charge >= 0.3 is 6.09 Å². The van der Waals surface area contributed by atoms with Crippen LogP contribution in [0.5, 0.6) is 0 Å². The topological polar surface area (TPSA) is 67.7 Å². The number of carbonyl (C=O) groups is 2. The molecule has 8 heteroatoms. The van der Waals surface area contributed by atoms with Crippen LogP contribution in [0.2, 0.25) is 0 Å². The summed E-state index contributed by atoms with van der Waals surface area (Å²) < 4.78 is 7.62. The molecule has 0 aliphatic carbocycles. The van der Waals surface area contributed by atoms with E-state index in [0.29, 0.717) is 29.8 Å². The fraction of sp³-hybridized carbons (Fsp3) is 0.667. The molecule has 1 atom stereocenters. The maximum atomic E-state index is 12.7. The number of carbonyl (C=O) groups excluding carboxylic acids is 2. The van der Waals surface area contributed by atoms with Gasteiger partial charge in [-0.25, -0.2) is 4.79 Å². The molecule has 128 valence electrons. The third-order valence-electron chi connectivity index (χ3n) is 3.64. The van der Waals surface area contributed by atoms with Crippen LogP contribution in [0.25, 0.3) is 0 Å². The predicted octanol–water partition coefficient (Wildman–Crippen LogP) is 2.26. The number of ether oxygens (including phenoxy) is 1. The number of nitrogens with zero attached hydrogens (tertiary/aromatic N) is 4. The summed E-state index contributed by atoms with van der Waals surface area (Å²) in [6.07, 6.45) is 1.27. The van der Waals surface area contributed by atoms with Crippen LogP contribution in [-0.4, -0.2) is 62.9 Å². The van der Waals surface area contributed by atoms with E-state index in [-0.39, 0.29) is 18.0 Å².